The molecule has 0 N–H and O–H groups in total. The molecule has 1 aromatic heterocycles. The molecule has 0 aliphatic carbocycles. The molecular weight excluding hydrogens is 344 g/mol. The Labute approximate surface area is 157 Å². The lowest BCUT2D eigenvalue weighted by Crippen LogP contribution is -2.49. The van der Waals surface area contributed by atoms with E-state index in [0.717, 1.165) is 30.5 Å². The molecular formula is C20H24N4O3. The maximum absolute atomic E-state index is 12.8. The summed E-state index contributed by atoms with van der Waals surface area (Å²) < 4.78 is 1.25. The van der Waals surface area contributed by atoms with Crippen molar-refractivity contribution < 1.29 is 9.59 Å². The molecule has 2 saturated heterocycles. The van der Waals surface area contributed by atoms with Crippen LogP contribution in [0.2, 0.25) is 0 Å². The Morgan fingerprint density at radius 3 is 2.67 bits per heavy atom. The lowest BCUT2D eigenvalue weighted by molar-refractivity contribution is -0.144. The van der Waals surface area contributed by atoms with Crippen LogP contribution in [0.5, 0.6) is 0 Å². The number of aromatic nitrogens is 2. The zero-order chi connectivity index (χ0) is 19.2. The molecule has 27 heavy (non-hydrogen) atoms. The second kappa shape index (κ2) is 6.48. The van der Waals surface area contributed by atoms with Crippen molar-refractivity contribution in [3.63, 3.8) is 0 Å². The molecule has 4 rings (SSSR count). The molecule has 0 unspecified atom stereocenters. The molecule has 7 heteroatoms. The highest BCUT2D eigenvalue weighted by Gasteiger charge is 2.48. The Morgan fingerprint density at radius 2 is 1.89 bits per heavy atom. The number of amides is 2. The average molecular weight is 368 g/mol. The maximum atomic E-state index is 12.8. The summed E-state index contributed by atoms with van der Waals surface area (Å²) in [4.78, 5) is 41.7. The Bertz CT molecular complexity index is 983. The van der Waals surface area contributed by atoms with Gasteiger partial charge in [0.25, 0.3) is 5.56 Å². The molecule has 2 aliphatic heterocycles. The number of hydrogen-bond donors (Lipinski definition) is 0. The van der Waals surface area contributed by atoms with Crippen LogP contribution in [-0.2, 0) is 16.1 Å². The predicted octanol–water partition coefficient (Wildman–Crippen LogP) is 1.18. The molecule has 0 radical (unpaired) electrons. The van der Waals surface area contributed by atoms with Crippen LogP contribution >= 0.6 is 0 Å². The SMILES string of the molecule is Cc1nn(CC(=O)N2CC[C@]3(CCCN(C)C3=O)C2)c(=O)c2ccccc12. The van der Waals surface area contributed by atoms with Gasteiger partial charge < -0.3 is 9.80 Å². The van der Waals surface area contributed by atoms with Crippen molar-refractivity contribution in [2.75, 3.05) is 26.7 Å². The van der Waals surface area contributed by atoms with Crippen LogP contribution in [0.25, 0.3) is 10.8 Å². The minimum Gasteiger partial charge on any atom is -0.345 e. The van der Waals surface area contributed by atoms with Crippen molar-refractivity contribution >= 4 is 22.6 Å². The van der Waals surface area contributed by atoms with Crippen molar-refractivity contribution in [3.8, 4) is 0 Å². The van der Waals surface area contributed by atoms with Gasteiger partial charge in [0.1, 0.15) is 6.54 Å². The van der Waals surface area contributed by atoms with Gasteiger partial charge in [-0.15, -0.1) is 0 Å². The molecule has 7 nitrogen and oxygen atoms in total. The summed E-state index contributed by atoms with van der Waals surface area (Å²) in [5, 5.41) is 5.70. The number of aryl methyl sites for hydroxylation is 1. The number of likely N-dealkylation sites (tertiary alicyclic amines) is 2. The fourth-order valence-corrected chi connectivity index (χ4v) is 4.47. The highest BCUT2D eigenvalue weighted by Crippen LogP contribution is 2.39. The van der Waals surface area contributed by atoms with Crippen molar-refractivity contribution in [1.82, 2.24) is 19.6 Å². The first-order valence-corrected chi connectivity index (χ1v) is 9.41. The third-order valence-corrected chi connectivity index (χ3v) is 5.99. The third-order valence-electron chi connectivity index (χ3n) is 5.99. The smallest absolute Gasteiger partial charge is 0.275 e. The van der Waals surface area contributed by atoms with E-state index in [1.165, 1.54) is 4.68 Å². The summed E-state index contributed by atoms with van der Waals surface area (Å²) in [5.41, 5.74) is 0.0206. The lowest BCUT2D eigenvalue weighted by atomic mass is 9.78. The number of carbonyl (C=O) groups excluding carboxylic acids is 2. The number of piperidine rings is 1. The number of hydrogen-bond acceptors (Lipinski definition) is 4. The standard InChI is InChI=1S/C20H24N4O3/c1-14-15-6-3-4-7-16(15)18(26)24(21-14)12-17(25)23-11-9-20(13-23)8-5-10-22(2)19(20)27/h3-4,6-7H,5,8-13H2,1-2H3/t20-/m1/s1. The minimum absolute atomic E-state index is 0.0926. The van der Waals surface area contributed by atoms with Gasteiger partial charge in [0.05, 0.1) is 16.5 Å². The van der Waals surface area contributed by atoms with E-state index in [4.69, 9.17) is 0 Å². The molecule has 2 aliphatic rings. The van der Waals surface area contributed by atoms with E-state index in [1.54, 1.807) is 15.9 Å². The van der Waals surface area contributed by atoms with Crippen LogP contribution in [0.4, 0.5) is 0 Å². The normalized spacial score (nSPS) is 22.8. The van der Waals surface area contributed by atoms with Crippen molar-refractivity contribution in [1.29, 1.82) is 0 Å². The number of rotatable bonds is 2. The van der Waals surface area contributed by atoms with E-state index in [9.17, 15) is 14.4 Å². The quantitative estimate of drug-likeness (QED) is 0.798. The molecule has 2 aromatic rings. The van der Waals surface area contributed by atoms with E-state index < -0.39 is 5.41 Å². The van der Waals surface area contributed by atoms with E-state index in [1.807, 2.05) is 32.2 Å². The first-order valence-electron chi connectivity index (χ1n) is 9.41. The Kier molecular flexibility index (Phi) is 4.25. The molecule has 0 bridgehead atoms. The first-order chi connectivity index (χ1) is 12.9. The summed E-state index contributed by atoms with van der Waals surface area (Å²) in [6.45, 7) is 3.52. The van der Waals surface area contributed by atoms with Gasteiger partial charge in [-0.1, -0.05) is 18.2 Å². The molecule has 0 saturated carbocycles. The molecule has 142 valence electrons. The average Bonchev–Trinajstić information content (AvgIpc) is 3.09. The van der Waals surface area contributed by atoms with E-state index in [2.05, 4.69) is 5.10 Å². The second-order valence-corrected chi connectivity index (χ2v) is 7.77. The summed E-state index contributed by atoms with van der Waals surface area (Å²) in [5.74, 6) is -0.0157. The predicted molar refractivity (Wildman–Crippen MR) is 101 cm³/mol. The number of benzene rings is 1. The van der Waals surface area contributed by atoms with Crippen LogP contribution < -0.4 is 5.56 Å². The van der Waals surface area contributed by atoms with E-state index in [-0.39, 0.29) is 23.9 Å². The van der Waals surface area contributed by atoms with Gasteiger partial charge in [0, 0.05) is 32.1 Å². The zero-order valence-corrected chi connectivity index (χ0v) is 15.8. The molecule has 1 atom stereocenters. The summed E-state index contributed by atoms with van der Waals surface area (Å²) in [6, 6.07) is 7.30. The topological polar surface area (TPSA) is 75.5 Å². The maximum Gasteiger partial charge on any atom is 0.275 e. The van der Waals surface area contributed by atoms with Gasteiger partial charge in [0.15, 0.2) is 0 Å². The van der Waals surface area contributed by atoms with Crippen LogP contribution in [0.15, 0.2) is 29.1 Å². The number of fused-ring (bicyclic) bond motifs is 1. The fourth-order valence-electron chi connectivity index (χ4n) is 4.47. The van der Waals surface area contributed by atoms with Crippen molar-refractivity contribution in [2.24, 2.45) is 5.41 Å². The number of nitrogens with zero attached hydrogens (tertiary/aromatic N) is 4. The van der Waals surface area contributed by atoms with Gasteiger partial charge in [-0.05, 0) is 32.3 Å². The third kappa shape index (κ3) is 2.91. The zero-order valence-electron chi connectivity index (χ0n) is 15.8. The summed E-state index contributed by atoms with van der Waals surface area (Å²) >= 11 is 0. The van der Waals surface area contributed by atoms with E-state index >= 15 is 0 Å². The van der Waals surface area contributed by atoms with E-state index in [0.29, 0.717) is 24.9 Å². The van der Waals surface area contributed by atoms with Crippen molar-refractivity contribution in [2.45, 2.75) is 32.7 Å². The van der Waals surface area contributed by atoms with Crippen LogP contribution in [0.3, 0.4) is 0 Å². The number of carbonyl (C=O) groups is 2. The highest BCUT2D eigenvalue weighted by molar-refractivity contribution is 5.86. The molecule has 2 fully saturated rings. The highest BCUT2D eigenvalue weighted by atomic mass is 16.2. The first kappa shape index (κ1) is 17.7. The minimum atomic E-state index is -0.444. The Hall–Kier alpha value is -2.70. The Morgan fingerprint density at radius 1 is 1.15 bits per heavy atom. The summed E-state index contributed by atoms with van der Waals surface area (Å²) in [6.07, 6.45) is 2.49. The van der Waals surface area contributed by atoms with Gasteiger partial charge >= 0.3 is 0 Å². The van der Waals surface area contributed by atoms with Crippen LogP contribution in [-0.4, -0.2) is 58.1 Å². The molecule has 2 amide bonds. The molecule has 1 spiro atoms. The summed E-state index contributed by atoms with van der Waals surface area (Å²) in [7, 11) is 1.83. The molecule has 3 heterocycles. The lowest BCUT2D eigenvalue weighted by Gasteiger charge is -2.37. The monoisotopic (exact) mass is 368 g/mol. The van der Waals surface area contributed by atoms with Gasteiger partial charge in [-0.2, -0.15) is 5.10 Å². The molecule has 1 aromatic carbocycles. The fraction of sp³-hybridized carbons (Fsp3) is 0.500. The van der Waals surface area contributed by atoms with Crippen LogP contribution in [0.1, 0.15) is 25.0 Å². The van der Waals surface area contributed by atoms with Gasteiger partial charge in [-0.3, -0.25) is 14.4 Å². The second-order valence-electron chi connectivity index (χ2n) is 7.77. The van der Waals surface area contributed by atoms with Gasteiger partial charge in [0.2, 0.25) is 11.8 Å². The largest absolute Gasteiger partial charge is 0.345 e. The Balaban J connectivity index is 1.55. The van der Waals surface area contributed by atoms with Crippen LogP contribution in [0, 0.1) is 12.3 Å². The van der Waals surface area contributed by atoms with Crippen molar-refractivity contribution in [3.05, 3.63) is 40.3 Å². The van der Waals surface area contributed by atoms with Gasteiger partial charge in [-0.25, -0.2) is 4.68 Å².